The number of likely N-dealkylation sites (N-methyl/N-ethyl adjacent to an activating group) is 2. The van der Waals surface area contributed by atoms with Crippen LogP contribution in [0.2, 0.25) is 0 Å². The molecule has 0 saturated carbocycles. The second-order valence-corrected chi connectivity index (χ2v) is 4.06. The molecule has 0 aromatic carbocycles. The highest BCUT2D eigenvalue weighted by Crippen LogP contribution is 2.24. The SMILES string of the molecule is CN1C(=O)[C@@H]2N=CN(CCC#N)[C@H]2N(C)C1=O. The maximum atomic E-state index is 11.9. The molecule has 90 valence electrons. The molecule has 1 fully saturated rings. The van der Waals surface area contributed by atoms with Gasteiger partial charge in [0.05, 0.1) is 18.8 Å². The van der Waals surface area contributed by atoms with E-state index in [4.69, 9.17) is 5.26 Å². The number of nitriles is 1. The van der Waals surface area contributed by atoms with Crippen LogP contribution in [-0.4, -0.2) is 65.8 Å². The first-order chi connectivity index (χ1) is 8.07. The number of urea groups is 1. The van der Waals surface area contributed by atoms with Gasteiger partial charge in [-0.15, -0.1) is 0 Å². The van der Waals surface area contributed by atoms with Crippen molar-refractivity contribution in [3.05, 3.63) is 0 Å². The number of carbonyl (C=O) groups is 2. The van der Waals surface area contributed by atoms with Crippen molar-refractivity contribution < 1.29 is 9.59 Å². The highest BCUT2D eigenvalue weighted by atomic mass is 16.2. The number of rotatable bonds is 2. The lowest BCUT2D eigenvalue weighted by molar-refractivity contribution is -0.134. The van der Waals surface area contributed by atoms with Gasteiger partial charge in [-0.25, -0.2) is 4.79 Å². The molecule has 1 saturated heterocycles. The Kier molecular flexibility index (Phi) is 2.71. The van der Waals surface area contributed by atoms with Gasteiger partial charge in [0.2, 0.25) is 0 Å². The molecule has 0 aromatic rings. The minimum atomic E-state index is -0.568. The third-order valence-corrected chi connectivity index (χ3v) is 3.05. The minimum absolute atomic E-state index is 0.297. The van der Waals surface area contributed by atoms with Crippen LogP contribution < -0.4 is 0 Å². The smallest absolute Gasteiger partial charge is 0.327 e. The van der Waals surface area contributed by atoms with Gasteiger partial charge in [-0.05, 0) is 0 Å². The summed E-state index contributed by atoms with van der Waals surface area (Å²) in [6.07, 6.45) is 1.49. The van der Waals surface area contributed by atoms with E-state index in [1.165, 1.54) is 11.9 Å². The van der Waals surface area contributed by atoms with Gasteiger partial charge in [-0.3, -0.25) is 14.7 Å². The fourth-order valence-electron chi connectivity index (χ4n) is 2.12. The quantitative estimate of drug-likeness (QED) is 0.644. The lowest BCUT2D eigenvalue weighted by Crippen LogP contribution is -2.64. The summed E-state index contributed by atoms with van der Waals surface area (Å²) in [5.41, 5.74) is 0. The highest BCUT2D eigenvalue weighted by Gasteiger charge is 2.47. The van der Waals surface area contributed by atoms with Gasteiger partial charge in [0, 0.05) is 20.6 Å². The van der Waals surface area contributed by atoms with Crippen molar-refractivity contribution in [3.8, 4) is 6.07 Å². The van der Waals surface area contributed by atoms with Crippen LogP contribution in [0.3, 0.4) is 0 Å². The van der Waals surface area contributed by atoms with Gasteiger partial charge >= 0.3 is 6.03 Å². The fraction of sp³-hybridized carbons (Fsp3) is 0.600. The molecule has 2 heterocycles. The maximum absolute atomic E-state index is 11.9. The van der Waals surface area contributed by atoms with Gasteiger partial charge in [0.25, 0.3) is 5.91 Å². The number of amides is 3. The average molecular weight is 235 g/mol. The van der Waals surface area contributed by atoms with Crippen molar-refractivity contribution >= 4 is 18.3 Å². The van der Waals surface area contributed by atoms with E-state index in [-0.39, 0.29) is 18.1 Å². The summed E-state index contributed by atoms with van der Waals surface area (Å²) in [5, 5.41) is 8.56. The van der Waals surface area contributed by atoms with Crippen LogP contribution in [0.4, 0.5) is 4.79 Å². The zero-order chi connectivity index (χ0) is 12.6. The molecule has 7 heteroatoms. The van der Waals surface area contributed by atoms with Crippen molar-refractivity contribution in [2.75, 3.05) is 20.6 Å². The third kappa shape index (κ3) is 1.62. The van der Waals surface area contributed by atoms with Gasteiger partial charge in [-0.1, -0.05) is 0 Å². The Morgan fingerprint density at radius 3 is 2.82 bits per heavy atom. The monoisotopic (exact) mass is 235 g/mol. The molecule has 2 aliphatic rings. The van der Waals surface area contributed by atoms with Crippen molar-refractivity contribution in [2.24, 2.45) is 4.99 Å². The second kappa shape index (κ2) is 4.05. The van der Waals surface area contributed by atoms with E-state index in [9.17, 15) is 9.59 Å². The summed E-state index contributed by atoms with van der Waals surface area (Å²) in [7, 11) is 3.09. The molecule has 0 radical (unpaired) electrons. The van der Waals surface area contributed by atoms with E-state index in [2.05, 4.69) is 4.99 Å². The zero-order valence-corrected chi connectivity index (χ0v) is 9.70. The Morgan fingerprint density at radius 2 is 2.18 bits per heavy atom. The normalized spacial score (nSPS) is 27.5. The highest BCUT2D eigenvalue weighted by molar-refractivity contribution is 6.01. The van der Waals surface area contributed by atoms with Crippen LogP contribution in [0.15, 0.2) is 4.99 Å². The molecule has 0 bridgehead atoms. The topological polar surface area (TPSA) is 80.0 Å². The largest absolute Gasteiger partial charge is 0.339 e. The first-order valence-electron chi connectivity index (χ1n) is 5.28. The molecule has 2 aliphatic heterocycles. The van der Waals surface area contributed by atoms with Crippen LogP contribution in [0.5, 0.6) is 0 Å². The summed E-state index contributed by atoms with van der Waals surface area (Å²) >= 11 is 0. The van der Waals surface area contributed by atoms with E-state index >= 15 is 0 Å². The van der Waals surface area contributed by atoms with E-state index in [0.717, 1.165) is 4.90 Å². The Bertz CT molecular complexity index is 427. The molecule has 3 amide bonds. The van der Waals surface area contributed by atoms with Crippen LogP contribution in [-0.2, 0) is 4.79 Å². The first-order valence-corrected chi connectivity index (χ1v) is 5.28. The molecular formula is C10H13N5O2. The number of imide groups is 1. The molecule has 0 spiro atoms. The summed E-state index contributed by atoms with van der Waals surface area (Å²) in [4.78, 5) is 32.1. The van der Waals surface area contributed by atoms with E-state index in [0.29, 0.717) is 13.0 Å². The first kappa shape index (κ1) is 11.4. The Balaban J connectivity index is 2.21. The van der Waals surface area contributed by atoms with E-state index in [1.807, 2.05) is 6.07 Å². The summed E-state index contributed by atoms with van der Waals surface area (Å²) in [6, 6.07) is 1.12. The van der Waals surface area contributed by atoms with Gasteiger partial charge < -0.3 is 9.80 Å². The predicted molar refractivity (Wildman–Crippen MR) is 58.9 cm³/mol. The van der Waals surface area contributed by atoms with Crippen LogP contribution in [0.25, 0.3) is 0 Å². The van der Waals surface area contributed by atoms with Crippen molar-refractivity contribution in [2.45, 2.75) is 18.6 Å². The molecule has 2 rings (SSSR count). The van der Waals surface area contributed by atoms with Crippen molar-refractivity contribution in [3.63, 3.8) is 0 Å². The molecule has 0 aromatic heterocycles. The number of nitrogens with zero attached hydrogens (tertiary/aromatic N) is 5. The van der Waals surface area contributed by atoms with Crippen LogP contribution >= 0.6 is 0 Å². The Morgan fingerprint density at radius 1 is 1.47 bits per heavy atom. The number of hydrogen-bond acceptors (Lipinski definition) is 5. The van der Waals surface area contributed by atoms with E-state index < -0.39 is 6.04 Å². The predicted octanol–water partition coefficient (Wildman–Crippen LogP) is -0.538. The van der Waals surface area contributed by atoms with Gasteiger partial charge in [-0.2, -0.15) is 5.26 Å². The Labute approximate surface area is 98.9 Å². The number of aliphatic imine (C=N–C) groups is 1. The maximum Gasteiger partial charge on any atom is 0.327 e. The molecule has 0 aliphatic carbocycles. The minimum Gasteiger partial charge on any atom is -0.339 e. The molecule has 0 N–H and O–H groups in total. The average Bonchev–Trinajstić information content (AvgIpc) is 2.75. The lowest BCUT2D eigenvalue weighted by Gasteiger charge is -2.40. The molecule has 0 unspecified atom stereocenters. The number of carbonyl (C=O) groups excluding carboxylic acids is 2. The molecule has 2 atom stereocenters. The summed E-state index contributed by atoms with van der Waals surface area (Å²) in [5.74, 6) is -0.297. The molecular weight excluding hydrogens is 222 g/mol. The van der Waals surface area contributed by atoms with Crippen LogP contribution in [0, 0.1) is 11.3 Å². The lowest BCUT2D eigenvalue weighted by atomic mass is 10.1. The molecule has 17 heavy (non-hydrogen) atoms. The van der Waals surface area contributed by atoms with Crippen molar-refractivity contribution in [1.29, 1.82) is 5.26 Å². The van der Waals surface area contributed by atoms with Crippen LogP contribution in [0.1, 0.15) is 6.42 Å². The zero-order valence-electron chi connectivity index (χ0n) is 9.70. The standard InChI is InChI=1S/C10H13N5O2/c1-13-8-7(9(16)14(2)10(13)17)12-6-15(8)5-3-4-11/h6-8H,3,5H2,1-2H3/t7-,8-/m1/s1. The summed E-state index contributed by atoms with van der Waals surface area (Å²) < 4.78 is 0. The number of hydrogen-bond donors (Lipinski definition) is 0. The number of fused-ring (bicyclic) bond motifs is 1. The molecule has 7 nitrogen and oxygen atoms in total. The summed E-state index contributed by atoms with van der Waals surface area (Å²) in [6.45, 7) is 0.468. The Hall–Kier alpha value is -2.10. The second-order valence-electron chi connectivity index (χ2n) is 4.06. The fourth-order valence-corrected chi connectivity index (χ4v) is 2.12. The third-order valence-electron chi connectivity index (χ3n) is 3.05. The van der Waals surface area contributed by atoms with E-state index in [1.54, 1.807) is 18.3 Å². The van der Waals surface area contributed by atoms with Crippen molar-refractivity contribution in [1.82, 2.24) is 14.7 Å². The van der Waals surface area contributed by atoms with Gasteiger partial charge in [0.1, 0.15) is 6.17 Å². The van der Waals surface area contributed by atoms with Gasteiger partial charge in [0.15, 0.2) is 6.04 Å².